The van der Waals surface area contributed by atoms with Crippen molar-refractivity contribution in [2.75, 3.05) is 13.2 Å². The highest BCUT2D eigenvalue weighted by Gasteiger charge is 2.46. The van der Waals surface area contributed by atoms with Gasteiger partial charge in [-0.25, -0.2) is 0 Å². The van der Waals surface area contributed by atoms with Crippen LogP contribution in [-0.4, -0.2) is 37.6 Å². The first-order chi connectivity index (χ1) is 6.18. The molecule has 0 radical (unpaired) electrons. The molecule has 2 heterocycles. The molecule has 0 N–H and O–H groups in total. The molecule has 76 valence electrons. The lowest BCUT2D eigenvalue weighted by Crippen LogP contribution is -2.32. The average Bonchev–Trinajstić information content (AvgIpc) is 2.56. The molecule has 2 aliphatic heterocycles. The lowest BCUT2D eigenvalue weighted by atomic mass is 10.0. The van der Waals surface area contributed by atoms with Gasteiger partial charge in [-0.2, -0.15) is 0 Å². The lowest BCUT2D eigenvalue weighted by Gasteiger charge is -2.18. The number of ether oxygens (including phenoxy) is 3. The summed E-state index contributed by atoms with van der Waals surface area (Å²) in [6, 6.07) is 0. The normalized spacial score (nSPS) is 44.3. The van der Waals surface area contributed by atoms with E-state index in [0.29, 0.717) is 12.5 Å². The molecule has 2 saturated heterocycles. The monoisotopic (exact) mass is 186 g/mol. The predicted molar refractivity (Wildman–Crippen MR) is 48.7 cm³/mol. The molecule has 0 bridgehead atoms. The van der Waals surface area contributed by atoms with Gasteiger partial charge in [0.15, 0.2) is 0 Å². The number of rotatable bonds is 2. The van der Waals surface area contributed by atoms with Crippen molar-refractivity contribution in [1.29, 1.82) is 0 Å². The van der Waals surface area contributed by atoms with E-state index in [2.05, 4.69) is 6.92 Å². The van der Waals surface area contributed by atoms with E-state index in [-0.39, 0.29) is 24.4 Å². The third-order valence-electron chi connectivity index (χ3n) is 2.70. The quantitative estimate of drug-likeness (QED) is 0.649. The fourth-order valence-electron chi connectivity index (χ4n) is 2.12. The van der Waals surface area contributed by atoms with Gasteiger partial charge in [-0.3, -0.25) is 0 Å². The van der Waals surface area contributed by atoms with Crippen molar-refractivity contribution < 1.29 is 14.2 Å². The molecule has 4 atom stereocenters. The van der Waals surface area contributed by atoms with E-state index in [1.165, 1.54) is 0 Å². The van der Waals surface area contributed by atoms with Gasteiger partial charge in [-0.15, -0.1) is 0 Å². The zero-order valence-electron chi connectivity index (χ0n) is 8.53. The van der Waals surface area contributed by atoms with Gasteiger partial charge in [0.05, 0.1) is 25.4 Å². The summed E-state index contributed by atoms with van der Waals surface area (Å²) >= 11 is 0. The molecule has 0 aromatic heterocycles. The maximum Gasteiger partial charge on any atom is 0.112 e. The molecule has 0 amide bonds. The Balaban J connectivity index is 1.94. The maximum atomic E-state index is 5.72. The molecule has 0 spiro atoms. The highest BCUT2D eigenvalue weighted by Crippen LogP contribution is 2.32. The van der Waals surface area contributed by atoms with Crippen molar-refractivity contribution in [2.24, 2.45) is 5.92 Å². The van der Waals surface area contributed by atoms with Gasteiger partial charge >= 0.3 is 0 Å². The Hall–Kier alpha value is -0.120. The van der Waals surface area contributed by atoms with Crippen molar-refractivity contribution in [3.05, 3.63) is 0 Å². The molecule has 2 fully saturated rings. The Bertz CT molecular complexity index is 181. The molecule has 0 aliphatic carbocycles. The second-order valence-electron chi connectivity index (χ2n) is 4.30. The summed E-state index contributed by atoms with van der Waals surface area (Å²) in [7, 11) is 0. The number of hydrogen-bond acceptors (Lipinski definition) is 3. The van der Waals surface area contributed by atoms with Crippen LogP contribution < -0.4 is 0 Å². The van der Waals surface area contributed by atoms with E-state index in [1.54, 1.807) is 0 Å². The van der Waals surface area contributed by atoms with Crippen LogP contribution in [0.3, 0.4) is 0 Å². The summed E-state index contributed by atoms with van der Waals surface area (Å²) < 4.78 is 17.0. The van der Waals surface area contributed by atoms with Crippen LogP contribution in [0.4, 0.5) is 0 Å². The van der Waals surface area contributed by atoms with E-state index in [9.17, 15) is 0 Å². The van der Waals surface area contributed by atoms with Crippen LogP contribution in [0.1, 0.15) is 20.8 Å². The summed E-state index contributed by atoms with van der Waals surface area (Å²) in [5, 5.41) is 0. The van der Waals surface area contributed by atoms with Crippen molar-refractivity contribution in [2.45, 2.75) is 45.2 Å². The van der Waals surface area contributed by atoms with Gasteiger partial charge in [-0.1, -0.05) is 6.92 Å². The molecule has 3 heteroatoms. The van der Waals surface area contributed by atoms with Gasteiger partial charge in [0.1, 0.15) is 12.2 Å². The van der Waals surface area contributed by atoms with Gasteiger partial charge in [0, 0.05) is 5.92 Å². The second kappa shape index (κ2) is 3.56. The van der Waals surface area contributed by atoms with Crippen LogP contribution in [0, 0.1) is 5.92 Å². The van der Waals surface area contributed by atoms with E-state index in [0.717, 1.165) is 6.61 Å². The van der Waals surface area contributed by atoms with Crippen molar-refractivity contribution >= 4 is 0 Å². The molecule has 2 aliphatic rings. The third-order valence-corrected chi connectivity index (χ3v) is 2.70. The highest BCUT2D eigenvalue weighted by molar-refractivity contribution is 4.93. The van der Waals surface area contributed by atoms with Crippen LogP contribution in [0.25, 0.3) is 0 Å². The van der Waals surface area contributed by atoms with Crippen molar-refractivity contribution in [3.63, 3.8) is 0 Å². The minimum Gasteiger partial charge on any atom is -0.372 e. The topological polar surface area (TPSA) is 27.7 Å². The van der Waals surface area contributed by atoms with Crippen LogP contribution >= 0.6 is 0 Å². The first-order valence-corrected chi connectivity index (χ1v) is 5.07. The Labute approximate surface area is 79.4 Å². The summed E-state index contributed by atoms with van der Waals surface area (Å²) in [5.41, 5.74) is 0. The SMILES string of the molecule is CC(C)OC1COC2C(C)COC12. The minimum absolute atomic E-state index is 0.148. The van der Waals surface area contributed by atoms with Gasteiger partial charge in [0.2, 0.25) is 0 Å². The molecule has 0 saturated carbocycles. The second-order valence-corrected chi connectivity index (χ2v) is 4.30. The molecular formula is C10H18O3. The largest absolute Gasteiger partial charge is 0.372 e. The van der Waals surface area contributed by atoms with E-state index < -0.39 is 0 Å². The van der Waals surface area contributed by atoms with Crippen LogP contribution in [0.2, 0.25) is 0 Å². The van der Waals surface area contributed by atoms with Crippen molar-refractivity contribution in [3.8, 4) is 0 Å². The summed E-state index contributed by atoms with van der Waals surface area (Å²) in [4.78, 5) is 0. The number of fused-ring (bicyclic) bond motifs is 1. The first-order valence-electron chi connectivity index (χ1n) is 5.07. The summed E-state index contributed by atoms with van der Waals surface area (Å²) in [5.74, 6) is 0.519. The molecule has 4 unspecified atom stereocenters. The minimum atomic E-state index is 0.148. The predicted octanol–water partition coefficient (Wildman–Crippen LogP) is 1.21. The zero-order chi connectivity index (χ0) is 9.42. The number of hydrogen-bond donors (Lipinski definition) is 0. The first kappa shape index (κ1) is 9.44. The molecule has 0 aromatic rings. The van der Waals surface area contributed by atoms with Crippen LogP contribution in [-0.2, 0) is 14.2 Å². The van der Waals surface area contributed by atoms with Gasteiger partial charge < -0.3 is 14.2 Å². The summed E-state index contributed by atoms with van der Waals surface area (Å²) in [6.45, 7) is 7.77. The highest BCUT2D eigenvalue weighted by atomic mass is 16.6. The summed E-state index contributed by atoms with van der Waals surface area (Å²) in [6.07, 6.45) is 0.850. The third kappa shape index (κ3) is 1.73. The Morgan fingerprint density at radius 3 is 2.54 bits per heavy atom. The maximum absolute atomic E-state index is 5.72. The molecular weight excluding hydrogens is 168 g/mol. The molecule has 2 rings (SSSR count). The standard InChI is InChI=1S/C10H18O3/c1-6(2)13-8-5-12-9-7(3)4-11-10(8)9/h6-10H,4-5H2,1-3H3. The molecule has 13 heavy (non-hydrogen) atoms. The lowest BCUT2D eigenvalue weighted by molar-refractivity contribution is -0.0579. The Morgan fingerprint density at radius 2 is 1.85 bits per heavy atom. The van der Waals surface area contributed by atoms with Crippen LogP contribution in [0.15, 0.2) is 0 Å². The van der Waals surface area contributed by atoms with E-state index >= 15 is 0 Å². The van der Waals surface area contributed by atoms with Gasteiger partial charge in [0.25, 0.3) is 0 Å². The van der Waals surface area contributed by atoms with E-state index in [1.807, 2.05) is 13.8 Å². The van der Waals surface area contributed by atoms with Crippen molar-refractivity contribution in [1.82, 2.24) is 0 Å². The molecule has 0 aromatic carbocycles. The fraction of sp³-hybridized carbons (Fsp3) is 1.00. The fourth-order valence-corrected chi connectivity index (χ4v) is 2.12. The Kier molecular flexibility index (Phi) is 2.58. The van der Waals surface area contributed by atoms with E-state index in [4.69, 9.17) is 14.2 Å². The smallest absolute Gasteiger partial charge is 0.112 e. The van der Waals surface area contributed by atoms with Crippen LogP contribution in [0.5, 0.6) is 0 Å². The average molecular weight is 186 g/mol. The van der Waals surface area contributed by atoms with Gasteiger partial charge in [-0.05, 0) is 13.8 Å². The zero-order valence-corrected chi connectivity index (χ0v) is 8.53. The molecule has 3 nitrogen and oxygen atoms in total. The Morgan fingerprint density at radius 1 is 1.15 bits per heavy atom.